The molecule has 0 aliphatic carbocycles. The Labute approximate surface area is 98.9 Å². The van der Waals surface area contributed by atoms with E-state index >= 15 is 0 Å². The third kappa shape index (κ3) is 4.62. The number of hydrogen-bond donors (Lipinski definition) is 1. The number of nitrogens with zero attached hydrogens (tertiary/aromatic N) is 2. The molecule has 1 N–H and O–H groups in total. The molecule has 0 saturated heterocycles. The number of anilines is 1. The molecule has 1 aromatic heterocycles. The van der Waals surface area contributed by atoms with E-state index in [0.29, 0.717) is 0 Å². The quantitative estimate of drug-likeness (QED) is 0.717. The molecule has 1 heterocycles. The first-order chi connectivity index (χ1) is 7.76. The summed E-state index contributed by atoms with van der Waals surface area (Å²) in [6.07, 6.45) is 3.06. The van der Waals surface area contributed by atoms with Crippen LogP contribution in [0.15, 0.2) is 18.3 Å². The molecule has 16 heavy (non-hydrogen) atoms. The molecule has 0 spiro atoms. The highest BCUT2D eigenvalue weighted by Gasteiger charge is 1.98. The lowest BCUT2D eigenvalue weighted by Crippen LogP contribution is -2.25. The third-order valence-corrected chi connectivity index (χ3v) is 2.76. The first-order valence-corrected chi connectivity index (χ1v) is 6.15. The maximum atomic E-state index is 4.31. The summed E-state index contributed by atoms with van der Waals surface area (Å²) in [5.41, 5.74) is 1.20. The lowest BCUT2D eigenvalue weighted by molar-refractivity contribution is 0.303. The molecule has 0 amide bonds. The molecule has 0 aromatic carbocycles. The Balaban J connectivity index is 2.18. The van der Waals surface area contributed by atoms with Gasteiger partial charge in [0.2, 0.25) is 0 Å². The SMILES string of the molecule is CCN(CC)CCCNc1ccc(C)cn1. The first kappa shape index (κ1) is 13.0. The zero-order valence-corrected chi connectivity index (χ0v) is 10.7. The molecule has 0 saturated carbocycles. The van der Waals surface area contributed by atoms with Crippen molar-refractivity contribution in [3.8, 4) is 0 Å². The highest BCUT2D eigenvalue weighted by atomic mass is 15.1. The fraction of sp³-hybridized carbons (Fsp3) is 0.615. The van der Waals surface area contributed by atoms with Gasteiger partial charge in [0.25, 0.3) is 0 Å². The van der Waals surface area contributed by atoms with Crippen LogP contribution in [0, 0.1) is 6.92 Å². The van der Waals surface area contributed by atoms with Crippen LogP contribution in [0.1, 0.15) is 25.8 Å². The smallest absolute Gasteiger partial charge is 0.125 e. The van der Waals surface area contributed by atoms with E-state index in [2.05, 4.69) is 42.0 Å². The molecular weight excluding hydrogens is 198 g/mol. The molecule has 90 valence electrons. The van der Waals surface area contributed by atoms with Crippen LogP contribution in [0.25, 0.3) is 0 Å². The Morgan fingerprint density at radius 2 is 2.00 bits per heavy atom. The molecule has 0 atom stereocenters. The Hall–Kier alpha value is -1.09. The van der Waals surface area contributed by atoms with Gasteiger partial charge in [0.1, 0.15) is 5.82 Å². The standard InChI is InChI=1S/C13H23N3/c1-4-16(5-2)10-6-9-14-13-8-7-12(3)11-15-13/h7-8,11H,4-6,9-10H2,1-3H3,(H,14,15). The summed E-state index contributed by atoms with van der Waals surface area (Å²) in [5.74, 6) is 0.977. The second-order valence-electron chi connectivity index (χ2n) is 4.03. The van der Waals surface area contributed by atoms with Crippen LogP contribution in [0.5, 0.6) is 0 Å². The van der Waals surface area contributed by atoms with Gasteiger partial charge in [-0.25, -0.2) is 4.98 Å². The predicted octanol–water partition coefficient (Wildman–Crippen LogP) is 2.53. The van der Waals surface area contributed by atoms with Crippen molar-refractivity contribution in [3.63, 3.8) is 0 Å². The zero-order valence-electron chi connectivity index (χ0n) is 10.7. The molecule has 0 fully saturated rings. The average Bonchev–Trinajstić information content (AvgIpc) is 2.32. The normalized spacial score (nSPS) is 10.8. The summed E-state index contributed by atoms with van der Waals surface area (Å²) in [6, 6.07) is 4.12. The van der Waals surface area contributed by atoms with Gasteiger partial charge in [-0.15, -0.1) is 0 Å². The Morgan fingerprint density at radius 3 is 2.56 bits per heavy atom. The summed E-state index contributed by atoms with van der Waals surface area (Å²) < 4.78 is 0. The minimum atomic E-state index is 0.977. The summed E-state index contributed by atoms with van der Waals surface area (Å²) in [5, 5.41) is 3.34. The van der Waals surface area contributed by atoms with Crippen LogP contribution in [0.3, 0.4) is 0 Å². The number of aromatic nitrogens is 1. The molecule has 1 aromatic rings. The molecule has 0 radical (unpaired) electrons. The van der Waals surface area contributed by atoms with Crippen LogP contribution in [-0.2, 0) is 0 Å². The Kier molecular flexibility index (Phi) is 5.86. The number of hydrogen-bond acceptors (Lipinski definition) is 3. The molecule has 0 aliphatic heterocycles. The van der Waals surface area contributed by atoms with E-state index in [4.69, 9.17) is 0 Å². The summed E-state index contributed by atoms with van der Waals surface area (Å²) in [4.78, 5) is 6.75. The highest BCUT2D eigenvalue weighted by Crippen LogP contribution is 2.03. The van der Waals surface area contributed by atoms with E-state index in [9.17, 15) is 0 Å². The zero-order chi connectivity index (χ0) is 11.8. The maximum Gasteiger partial charge on any atom is 0.125 e. The van der Waals surface area contributed by atoms with E-state index in [1.165, 1.54) is 5.56 Å². The van der Waals surface area contributed by atoms with Crippen molar-refractivity contribution in [2.24, 2.45) is 0 Å². The van der Waals surface area contributed by atoms with Crippen molar-refractivity contribution in [3.05, 3.63) is 23.9 Å². The minimum Gasteiger partial charge on any atom is -0.370 e. The van der Waals surface area contributed by atoms with Crippen molar-refractivity contribution in [1.82, 2.24) is 9.88 Å². The van der Waals surface area contributed by atoms with Crippen LogP contribution in [0.2, 0.25) is 0 Å². The molecule has 3 heteroatoms. The van der Waals surface area contributed by atoms with Crippen molar-refractivity contribution in [2.75, 3.05) is 31.5 Å². The van der Waals surface area contributed by atoms with Gasteiger partial charge >= 0.3 is 0 Å². The van der Waals surface area contributed by atoms with Crippen LogP contribution >= 0.6 is 0 Å². The Morgan fingerprint density at radius 1 is 1.25 bits per heavy atom. The van der Waals surface area contributed by atoms with Crippen molar-refractivity contribution < 1.29 is 0 Å². The van der Waals surface area contributed by atoms with Gasteiger partial charge in [-0.2, -0.15) is 0 Å². The molecular formula is C13H23N3. The van der Waals surface area contributed by atoms with Gasteiger partial charge in [0, 0.05) is 12.7 Å². The van der Waals surface area contributed by atoms with E-state index < -0.39 is 0 Å². The second-order valence-corrected chi connectivity index (χ2v) is 4.03. The van der Waals surface area contributed by atoms with Crippen molar-refractivity contribution in [1.29, 1.82) is 0 Å². The lowest BCUT2D eigenvalue weighted by atomic mass is 10.3. The van der Waals surface area contributed by atoms with Gasteiger partial charge in [-0.1, -0.05) is 19.9 Å². The monoisotopic (exact) mass is 221 g/mol. The minimum absolute atomic E-state index is 0.977. The van der Waals surface area contributed by atoms with Gasteiger partial charge in [0.15, 0.2) is 0 Å². The highest BCUT2D eigenvalue weighted by molar-refractivity contribution is 5.34. The van der Waals surface area contributed by atoms with E-state index in [-0.39, 0.29) is 0 Å². The molecule has 0 bridgehead atoms. The fourth-order valence-corrected chi connectivity index (χ4v) is 1.63. The summed E-state index contributed by atoms with van der Waals surface area (Å²) in [6.45, 7) is 10.9. The second kappa shape index (κ2) is 7.23. The van der Waals surface area contributed by atoms with Gasteiger partial charge in [0.05, 0.1) is 0 Å². The molecule has 0 unspecified atom stereocenters. The topological polar surface area (TPSA) is 28.2 Å². The summed E-state index contributed by atoms with van der Waals surface area (Å²) >= 11 is 0. The van der Waals surface area contributed by atoms with Crippen LogP contribution < -0.4 is 5.32 Å². The van der Waals surface area contributed by atoms with Gasteiger partial charge in [-0.05, 0) is 44.6 Å². The fourth-order valence-electron chi connectivity index (χ4n) is 1.63. The molecule has 3 nitrogen and oxygen atoms in total. The van der Waals surface area contributed by atoms with Crippen LogP contribution in [-0.4, -0.2) is 36.1 Å². The lowest BCUT2D eigenvalue weighted by Gasteiger charge is -2.17. The number of pyridine rings is 1. The van der Waals surface area contributed by atoms with Crippen molar-refractivity contribution in [2.45, 2.75) is 27.2 Å². The molecule has 1 rings (SSSR count). The predicted molar refractivity (Wildman–Crippen MR) is 69.9 cm³/mol. The largest absolute Gasteiger partial charge is 0.370 e. The van der Waals surface area contributed by atoms with Gasteiger partial charge < -0.3 is 10.2 Å². The van der Waals surface area contributed by atoms with E-state index in [1.807, 2.05) is 12.3 Å². The maximum absolute atomic E-state index is 4.31. The number of nitrogens with one attached hydrogen (secondary N) is 1. The van der Waals surface area contributed by atoms with Crippen LogP contribution in [0.4, 0.5) is 5.82 Å². The third-order valence-electron chi connectivity index (χ3n) is 2.76. The van der Waals surface area contributed by atoms with E-state index in [1.54, 1.807) is 0 Å². The number of rotatable bonds is 7. The number of aryl methyl sites for hydroxylation is 1. The first-order valence-electron chi connectivity index (χ1n) is 6.15. The Bertz CT molecular complexity index is 278. The summed E-state index contributed by atoms with van der Waals surface area (Å²) in [7, 11) is 0. The molecule has 0 aliphatic rings. The van der Waals surface area contributed by atoms with E-state index in [0.717, 1.165) is 38.4 Å². The van der Waals surface area contributed by atoms with Crippen molar-refractivity contribution >= 4 is 5.82 Å². The average molecular weight is 221 g/mol. The van der Waals surface area contributed by atoms with Gasteiger partial charge in [-0.3, -0.25) is 0 Å².